The Labute approximate surface area is 95.0 Å². The van der Waals surface area contributed by atoms with Crippen LogP contribution >= 0.6 is 0 Å². The van der Waals surface area contributed by atoms with E-state index in [-0.39, 0.29) is 50.0 Å². The molecular formula is C10H20N2O4. The summed E-state index contributed by atoms with van der Waals surface area (Å²) in [6.45, 7) is 3.09. The average Bonchev–Trinajstić information content (AvgIpc) is 2.26. The third kappa shape index (κ3) is 7.19. The van der Waals surface area contributed by atoms with Crippen molar-refractivity contribution in [1.82, 2.24) is 10.6 Å². The summed E-state index contributed by atoms with van der Waals surface area (Å²) in [6, 6.07) is -0.598. The maximum atomic E-state index is 11.2. The van der Waals surface area contributed by atoms with Crippen LogP contribution in [0.4, 0.5) is 0 Å². The Morgan fingerprint density at radius 2 is 1.25 bits per heavy atom. The second-order valence-corrected chi connectivity index (χ2v) is 3.80. The molecule has 0 saturated carbocycles. The van der Waals surface area contributed by atoms with E-state index < -0.39 is 0 Å². The van der Waals surface area contributed by atoms with Gasteiger partial charge in [0.1, 0.15) is 0 Å². The van der Waals surface area contributed by atoms with E-state index in [1.165, 1.54) is 0 Å². The van der Waals surface area contributed by atoms with Crippen LogP contribution in [-0.2, 0) is 9.59 Å². The lowest BCUT2D eigenvalue weighted by atomic mass is 10.2. The molecule has 0 aliphatic rings. The highest BCUT2D eigenvalue weighted by Gasteiger charge is 2.10. The molecule has 0 aromatic carbocycles. The Balaban J connectivity index is 3.71. The van der Waals surface area contributed by atoms with Crippen LogP contribution in [0.3, 0.4) is 0 Å². The van der Waals surface area contributed by atoms with Gasteiger partial charge in [-0.05, 0) is 13.8 Å². The SMILES string of the molecule is CC(CO)NC(=O)CCC(=O)NC(C)CO. The first-order valence-electron chi connectivity index (χ1n) is 5.30. The molecule has 2 amide bonds. The smallest absolute Gasteiger partial charge is 0.220 e. The van der Waals surface area contributed by atoms with Crippen LogP contribution in [0.2, 0.25) is 0 Å². The molecule has 94 valence electrons. The third-order valence-corrected chi connectivity index (χ3v) is 1.94. The van der Waals surface area contributed by atoms with Gasteiger partial charge in [0.05, 0.1) is 13.2 Å². The summed E-state index contributed by atoms with van der Waals surface area (Å²) in [5, 5.41) is 22.4. The lowest BCUT2D eigenvalue weighted by Crippen LogP contribution is -2.38. The maximum Gasteiger partial charge on any atom is 0.220 e. The highest BCUT2D eigenvalue weighted by Crippen LogP contribution is 1.92. The van der Waals surface area contributed by atoms with Gasteiger partial charge in [-0.3, -0.25) is 9.59 Å². The zero-order chi connectivity index (χ0) is 12.6. The first-order chi connectivity index (χ1) is 7.49. The summed E-state index contributed by atoms with van der Waals surface area (Å²) in [7, 11) is 0. The van der Waals surface area contributed by atoms with Crippen LogP contribution < -0.4 is 10.6 Å². The quantitative estimate of drug-likeness (QED) is 0.441. The second kappa shape index (κ2) is 8.06. The van der Waals surface area contributed by atoms with Gasteiger partial charge in [0.2, 0.25) is 11.8 Å². The summed E-state index contributed by atoms with van der Waals surface area (Å²) in [6.07, 6.45) is 0.155. The fourth-order valence-corrected chi connectivity index (χ4v) is 1.01. The van der Waals surface area contributed by atoms with Gasteiger partial charge < -0.3 is 20.8 Å². The Hall–Kier alpha value is -1.14. The monoisotopic (exact) mass is 232 g/mol. The van der Waals surface area contributed by atoms with Gasteiger partial charge in [0.25, 0.3) is 0 Å². The average molecular weight is 232 g/mol. The van der Waals surface area contributed by atoms with Crippen LogP contribution in [0.5, 0.6) is 0 Å². The standard InChI is InChI=1S/C10H20N2O4/c1-7(5-13)11-9(15)3-4-10(16)12-8(2)6-14/h7-8,13-14H,3-6H2,1-2H3,(H,11,15)(H,12,16). The van der Waals surface area contributed by atoms with E-state index in [1.807, 2.05) is 0 Å². The highest BCUT2D eigenvalue weighted by molar-refractivity contribution is 5.83. The molecule has 6 nitrogen and oxygen atoms in total. The van der Waals surface area contributed by atoms with Crippen molar-refractivity contribution in [3.8, 4) is 0 Å². The van der Waals surface area contributed by atoms with E-state index in [0.29, 0.717) is 0 Å². The zero-order valence-corrected chi connectivity index (χ0v) is 9.69. The number of carbonyl (C=O) groups excluding carboxylic acids is 2. The minimum absolute atomic E-state index is 0.0777. The van der Waals surface area contributed by atoms with Crippen LogP contribution in [0.1, 0.15) is 26.7 Å². The fourth-order valence-electron chi connectivity index (χ4n) is 1.01. The van der Waals surface area contributed by atoms with Crippen LogP contribution in [-0.4, -0.2) is 47.3 Å². The Morgan fingerprint density at radius 3 is 1.50 bits per heavy atom. The van der Waals surface area contributed by atoms with E-state index in [1.54, 1.807) is 13.8 Å². The van der Waals surface area contributed by atoms with Crippen LogP contribution in [0.25, 0.3) is 0 Å². The van der Waals surface area contributed by atoms with Crippen molar-refractivity contribution < 1.29 is 19.8 Å². The molecule has 0 fully saturated rings. The van der Waals surface area contributed by atoms with Gasteiger partial charge >= 0.3 is 0 Å². The van der Waals surface area contributed by atoms with Crippen molar-refractivity contribution >= 4 is 11.8 Å². The van der Waals surface area contributed by atoms with E-state index in [9.17, 15) is 9.59 Å². The molecule has 0 aliphatic carbocycles. The Kier molecular flexibility index (Phi) is 7.49. The number of aliphatic hydroxyl groups is 2. The number of carbonyl (C=O) groups is 2. The molecule has 0 aromatic rings. The normalized spacial score (nSPS) is 14.0. The summed E-state index contributed by atoms with van der Waals surface area (Å²) in [5.74, 6) is -0.540. The highest BCUT2D eigenvalue weighted by atomic mass is 16.3. The fraction of sp³-hybridized carbons (Fsp3) is 0.800. The second-order valence-electron chi connectivity index (χ2n) is 3.80. The number of aliphatic hydroxyl groups excluding tert-OH is 2. The maximum absolute atomic E-state index is 11.2. The van der Waals surface area contributed by atoms with Crippen molar-refractivity contribution in [2.45, 2.75) is 38.8 Å². The molecule has 0 spiro atoms. The van der Waals surface area contributed by atoms with Crippen LogP contribution in [0, 0.1) is 0 Å². The topological polar surface area (TPSA) is 98.7 Å². The molecule has 0 bridgehead atoms. The molecule has 4 N–H and O–H groups in total. The summed E-state index contributed by atoms with van der Waals surface area (Å²) >= 11 is 0. The lowest BCUT2D eigenvalue weighted by molar-refractivity contribution is -0.127. The third-order valence-electron chi connectivity index (χ3n) is 1.94. The Bertz CT molecular complexity index is 209. The van der Waals surface area contributed by atoms with Crippen molar-refractivity contribution in [3.63, 3.8) is 0 Å². The molecule has 0 aromatic heterocycles. The van der Waals surface area contributed by atoms with Gasteiger partial charge in [0.15, 0.2) is 0 Å². The van der Waals surface area contributed by atoms with E-state index in [0.717, 1.165) is 0 Å². The zero-order valence-electron chi connectivity index (χ0n) is 9.69. The molecule has 0 saturated heterocycles. The van der Waals surface area contributed by atoms with Crippen molar-refractivity contribution in [1.29, 1.82) is 0 Å². The summed E-state index contributed by atoms with van der Waals surface area (Å²) in [5.41, 5.74) is 0. The number of rotatable bonds is 7. The van der Waals surface area contributed by atoms with Gasteiger partial charge in [-0.25, -0.2) is 0 Å². The van der Waals surface area contributed by atoms with E-state index >= 15 is 0 Å². The van der Waals surface area contributed by atoms with Gasteiger partial charge in [-0.2, -0.15) is 0 Å². The van der Waals surface area contributed by atoms with Crippen molar-refractivity contribution in [2.24, 2.45) is 0 Å². The Morgan fingerprint density at radius 1 is 0.938 bits per heavy atom. The molecule has 0 aliphatic heterocycles. The van der Waals surface area contributed by atoms with Crippen LogP contribution in [0.15, 0.2) is 0 Å². The minimum Gasteiger partial charge on any atom is -0.394 e. The van der Waals surface area contributed by atoms with E-state index in [4.69, 9.17) is 10.2 Å². The first kappa shape index (κ1) is 14.9. The van der Waals surface area contributed by atoms with Gasteiger partial charge in [-0.15, -0.1) is 0 Å². The molecule has 0 heterocycles. The number of hydrogen-bond acceptors (Lipinski definition) is 4. The van der Waals surface area contributed by atoms with Crippen molar-refractivity contribution in [2.75, 3.05) is 13.2 Å². The van der Waals surface area contributed by atoms with E-state index in [2.05, 4.69) is 10.6 Å². The van der Waals surface area contributed by atoms with Crippen molar-refractivity contribution in [3.05, 3.63) is 0 Å². The van der Waals surface area contributed by atoms with Gasteiger partial charge in [0, 0.05) is 24.9 Å². The summed E-state index contributed by atoms with van der Waals surface area (Å²) < 4.78 is 0. The molecular weight excluding hydrogens is 212 g/mol. The molecule has 2 atom stereocenters. The molecule has 6 heteroatoms. The molecule has 0 radical (unpaired) electrons. The summed E-state index contributed by atoms with van der Waals surface area (Å²) in [4.78, 5) is 22.4. The first-order valence-corrected chi connectivity index (χ1v) is 5.30. The molecule has 2 unspecified atom stereocenters. The molecule has 0 rings (SSSR count). The largest absolute Gasteiger partial charge is 0.394 e. The van der Waals surface area contributed by atoms with Gasteiger partial charge in [-0.1, -0.05) is 0 Å². The number of amides is 2. The molecule has 16 heavy (non-hydrogen) atoms. The lowest BCUT2D eigenvalue weighted by Gasteiger charge is -2.12. The predicted octanol–water partition coefficient (Wildman–Crippen LogP) is -1.24. The predicted molar refractivity (Wildman–Crippen MR) is 58.6 cm³/mol. The number of hydrogen-bond donors (Lipinski definition) is 4. The number of nitrogens with one attached hydrogen (secondary N) is 2. The minimum atomic E-state index is -0.299.